The molecule has 0 rings (SSSR count). The summed E-state index contributed by atoms with van der Waals surface area (Å²) in [7, 11) is 0. The van der Waals surface area contributed by atoms with Crippen molar-refractivity contribution in [1.82, 2.24) is 5.32 Å². The summed E-state index contributed by atoms with van der Waals surface area (Å²) in [5, 5.41) is 11.4. The van der Waals surface area contributed by atoms with Crippen LogP contribution in [0.5, 0.6) is 0 Å². The van der Waals surface area contributed by atoms with Crippen molar-refractivity contribution in [3.8, 4) is 0 Å². The molecular weight excluding hydrogens is 194 g/mol. The second-order valence-electron chi connectivity index (χ2n) is 3.19. The minimum absolute atomic E-state index is 0.520. The van der Waals surface area contributed by atoms with Crippen LogP contribution in [-0.2, 0) is 4.79 Å². The molecule has 92 valence electrons. The van der Waals surface area contributed by atoms with E-state index in [0.717, 1.165) is 25.9 Å². The Morgan fingerprint density at radius 2 is 1.87 bits per heavy atom. The average molecular weight is 219 g/mol. The molecule has 0 aromatic carbocycles. The van der Waals surface area contributed by atoms with Crippen molar-refractivity contribution in [3.05, 3.63) is 0 Å². The lowest BCUT2D eigenvalue weighted by atomic mass is 10.1. The van der Waals surface area contributed by atoms with Gasteiger partial charge in [0.1, 0.15) is 6.04 Å². The molecule has 0 unspecified atom stereocenters. The highest BCUT2D eigenvalue weighted by atomic mass is 16.4. The second-order valence-corrected chi connectivity index (χ2v) is 3.19. The smallest absolute Gasteiger partial charge is 0.320 e. The van der Waals surface area contributed by atoms with Crippen molar-refractivity contribution in [2.24, 2.45) is 11.5 Å². The molecule has 5 heteroatoms. The van der Waals surface area contributed by atoms with Crippen LogP contribution in [0, 0.1) is 0 Å². The van der Waals surface area contributed by atoms with Gasteiger partial charge in [-0.3, -0.25) is 4.79 Å². The second kappa shape index (κ2) is 13.4. The van der Waals surface area contributed by atoms with E-state index in [4.69, 9.17) is 16.6 Å². The molecule has 6 N–H and O–H groups in total. The van der Waals surface area contributed by atoms with Crippen molar-refractivity contribution in [3.63, 3.8) is 0 Å². The molecule has 0 aliphatic carbocycles. The quantitative estimate of drug-likeness (QED) is 0.456. The first-order chi connectivity index (χ1) is 7.09. The van der Waals surface area contributed by atoms with E-state index in [1.807, 2.05) is 0 Å². The number of hydrogen-bond donors (Lipinski definition) is 4. The van der Waals surface area contributed by atoms with Gasteiger partial charge in [0.15, 0.2) is 0 Å². The van der Waals surface area contributed by atoms with E-state index in [1.165, 1.54) is 0 Å². The average Bonchev–Trinajstić information content (AvgIpc) is 2.20. The summed E-state index contributed by atoms with van der Waals surface area (Å²) >= 11 is 0. The van der Waals surface area contributed by atoms with Gasteiger partial charge in [0, 0.05) is 0 Å². The molecule has 0 saturated heterocycles. The van der Waals surface area contributed by atoms with Gasteiger partial charge in [-0.05, 0) is 32.5 Å². The molecule has 0 spiro atoms. The zero-order chi connectivity index (χ0) is 12.1. The number of carboxylic acid groups (broad SMARTS) is 1. The molecule has 1 atom stereocenters. The Labute approximate surface area is 92.2 Å². The molecule has 0 aliphatic heterocycles. The van der Waals surface area contributed by atoms with Crippen LogP contribution in [0.15, 0.2) is 0 Å². The maximum absolute atomic E-state index is 10.1. The first kappa shape index (κ1) is 16.8. The molecule has 0 heterocycles. The molecule has 0 aliphatic rings. The SMILES string of the molecule is CCNCC.NCCCC[C@H](N)C(=O)O. The Balaban J connectivity index is 0. The summed E-state index contributed by atoms with van der Waals surface area (Å²) in [4.78, 5) is 10.1. The number of aliphatic carboxylic acids is 1. The van der Waals surface area contributed by atoms with Crippen LogP contribution in [0.3, 0.4) is 0 Å². The predicted octanol–water partition coefficient (Wildman–Crippen LogP) is 0.143. The van der Waals surface area contributed by atoms with Gasteiger partial charge in [-0.1, -0.05) is 20.3 Å². The number of nitrogens with two attached hydrogens (primary N) is 2. The number of carbonyl (C=O) groups is 1. The van der Waals surface area contributed by atoms with Crippen LogP contribution in [0.1, 0.15) is 33.1 Å². The fourth-order valence-corrected chi connectivity index (χ4v) is 0.882. The highest BCUT2D eigenvalue weighted by Gasteiger charge is 2.09. The summed E-state index contributed by atoms with van der Waals surface area (Å²) in [5.74, 6) is -0.933. The van der Waals surface area contributed by atoms with Crippen molar-refractivity contribution in [2.75, 3.05) is 19.6 Å². The van der Waals surface area contributed by atoms with Crippen molar-refractivity contribution in [2.45, 2.75) is 39.2 Å². The number of carboxylic acids is 1. The van der Waals surface area contributed by atoms with Gasteiger partial charge in [0.25, 0.3) is 0 Å². The van der Waals surface area contributed by atoms with Gasteiger partial charge in [-0.2, -0.15) is 0 Å². The molecule has 5 nitrogen and oxygen atoms in total. The fraction of sp³-hybridized carbons (Fsp3) is 0.900. The van der Waals surface area contributed by atoms with E-state index in [-0.39, 0.29) is 0 Å². The lowest BCUT2D eigenvalue weighted by molar-refractivity contribution is -0.138. The molecule has 0 bridgehead atoms. The Hall–Kier alpha value is -0.650. The van der Waals surface area contributed by atoms with Gasteiger partial charge >= 0.3 is 5.97 Å². The Morgan fingerprint density at radius 3 is 2.13 bits per heavy atom. The monoisotopic (exact) mass is 219 g/mol. The van der Waals surface area contributed by atoms with E-state index in [9.17, 15) is 4.79 Å². The maximum atomic E-state index is 10.1. The van der Waals surface area contributed by atoms with Crippen LogP contribution < -0.4 is 16.8 Å². The highest BCUT2D eigenvalue weighted by molar-refractivity contribution is 5.72. The fourth-order valence-electron chi connectivity index (χ4n) is 0.882. The predicted molar refractivity (Wildman–Crippen MR) is 62.7 cm³/mol. The van der Waals surface area contributed by atoms with E-state index in [0.29, 0.717) is 13.0 Å². The summed E-state index contributed by atoms with van der Waals surface area (Å²) in [6.45, 7) is 6.99. The normalized spacial score (nSPS) is 11.5. The van der Waals surface area contributed by atoms with E-state index >= 15 is 0 Å². The number of unbranched alkanes of at least 4 members (excludes halogenated alkanes) is 1. The molecular formula is C10H25N3O2. The Morgan fingerprint density at radius 1 is 1.33 bits per heavy atom. The largest absolute Gasteiger partial charge is 0.480 e. The van der Waals surface area contributed by atoms with Crippen LogP contribution in [0.2, 0.25) is 0 Å². The minimum Gasteiger partial charge on any atom is -0.480 e. The van der Waals surface area contributed by atoms with Gasteiger partial charge in [0.2, 0.25) is 0 Å². The first-order valence-electron chi connectivity index (χ1n) is 5.49. The van der Waals surface area contributed by atoms with Crippen LogP contribution in [-0.4, -0.2) is 36.8 Å². The lowest BCUT2D eigenvalue weighted by Crippen LogP contribution is -2.29. The summed E-state index contributed by atoms with van der Waals surface area (Å²) in [6, 6.07) is -0.716. The van der Waals surface area contributed by atoms with Gasteiger partial charge in [-0.25, -0.2) is 0 Å². The third kappa shape index (κ3) is 16.1. The van der Waals surface area contributed by atoms with Gasteiger partial charge < -0.3 is 21.9 Å². The summed E-state index contributed by atoms with van der Waals surface area (Å²) in [6.07, 6.45) is 2.16. The molecule has 0 aromatic rings. The molecule has 15 heavy (non-hydrogen) atoms. The standard InChI is InChI=1S/C6H14N2O2.C4H11N/c7-4-2-1-3-5(8)6(9)10;1-3-5-4-2/h5H,1-4,7-8H2,(H,9,10);5H,3-4H2,1-2H3/t5-;/m0./s1. The molecule has 0 amide bonds. The van der Waals surface area contributed by atoms with Crippen molar-refractivity contribution >= 4 is 5.97 Å². The topological polar surface area (TPSA) is 101 Å². The summed E-state index contributed by atoms with van der Waals surface area (Å²) < 4.78 is 0. The van der Waals surface area contributed by atoms with E-state index in [1.54, 1.807) is 0 Å². The Kier molecular flexibility index (Phi) is 14.9. The summed E-state index contributed by atoms with van der Waals surface area (Å²) in [5.41, 5.74) is 10.4. The number of hydrogen-bond acceptors (Lipinski definition) is 4. The molecule has 0 aromatic heterocycles. The third-order valence-electron chi connectivity index (χ3n) is 1.79. The zero-order valence-corrected chi connectivity index (χ0v) is 9.83. The number of rotatable bonds is 7. The highest BCUT2D eigenvalue weighted by Crippen LogP contribution is 1.96. The van der Waals surface area contributed by atoms with Crippen molar-refractivity contribution in [1.29, 1.82) is 0 Å². The van der Waals surface area contributed by atoms with E-state index < -0.39 is 12.0 Å². The van der Waals surface area contributed by atoms with Gasteiger partial charge in [0.05, 0.1) is 0 Å². The molecule has 0 fully saturated rings. The van der Waals surface area contributed by atoms with Crippen LogP contribution >= 0.6 is 0 Å². The lowest BCUT2D eigenvalue weighted by Gasteiger charge is -2.03. The molecule has 0 saturated carbocycles. The first-order valence-corrected chi connectivity index (χ1v) is 5.49. The Bertz CT molecular complexity index is 141. The third-order valence-corrected chi connectivity index (χ3v) is 1.79. The van der Waals surface area contributed by atoms with Gasteiger partial charge in [-0.15, -0.1) is 0 Å². The minimum atomic E-state index is -0.933. The zero-order valence-electron chi connectivity index (χ0n) is 9.83. The number of nitrogens with one attached hydrogen (secondary N) is 1. The van der Waals surface area contributed by atoms with E-state index in [2.05, 4.69) is 19.2 Å². The van der Waals surface area contributed by atoms with Crippen molar-refractivity contribution < 1.29 is 9.90 Å². The van der Waals surface area contributed by atoms with Crippen LogP contribution in [0.4, 0.5) is 0 Å². The van der Waals surface area contributed by atoms with Crippen LogP contribution in [0.25, 0.3) is 0 Å². The molecule has 0 radical (unpaired) electrons. The maximum Gasteiger partial charge on any atom is 0.320 e.